The van der Waals surface area contributed by atoms with E-state index in [1.807, 2.05) is 37.3 Å². The number of carbonyl (C=O) groups is 3. The lowest BCUT2D eigenvalue weighted by Gasteiger charge is -2.16. The third-order valence-corrected chi connectivity index (χ3v) is 5.02. The fourth-order valence-corrected chi connectivity index (χ4v) is 3.22. The van der Waals surface area contributed by atoms with Gasteiger partial charge in [-0.05, 0) is 49.7 Å². The van der Waals surface area contributed by atoms with Crippen LogP contribution in [0.5, 0.6) is 11.5 Å². The zero-order chi connectivity index (χ0) is 23.8. The maximum atomic E-state index is 12.8. The number of benzene rings is 3. The molecule has 2 N–H and O–H groups in total. The molecule has 0 aromatic heterocycles. The van der Waals surface area contributed by atoms with Gasteiger partial charge in [0.05, 0.1) is 24.4 Å². The van der Waals surface area contributed by atoms with E-state index in [9.17, 15) is 14.4 Å². The molecule has 3 aromatic carbocycles. The number of ether oxygens (including phenoxy) is 2. The first kappa shape index (κ1) is 23.5. The van der Waals surface area contributed by atoms with E-state index in [2.05, 4.69) is 10.6 Å². The molecule has 1 atom stereocenters. The van der Waals surface area contributed by atoms with E-state index in [-0.39, 0.29) is 24.3 Å². The van der Waals surface area contributed by atoms with Gasteiger partial charge in [0.1, 0.15) is 0 Å². The summed E-state index contributed by atoms with van der Waals surface area (Å²) < 4.78 is 10.8. The highest BCUT2D eigenvalue weighted by Crippen LogP contribution is 2.28. The Bertz CT molecular complexity index is 1140. The molecule has 0 aliphatic carbocycles. The molecule has 0 aliphatic rings. The Morgan fingerprint density at radius 1 is 0.909 bits per heavy atom. The van der Waals surface area contributed by atoms with Crippen molar-refractivity contribution < 1.29 is 23.9 Å². The van der Waals surface area contributed by atoms with E-state index >= 15 is 0 Å². The number of rotatable bonds is 9. The summed E-state index contributed by atoms with van der Waals surface area (Å²) in [6, 6.07) is 20.9. The molecular weight excluding hydrogens is 420 g/mol. The third kappa shape index (κ3) is 6.20. The molecule has 0 spiro atoms. The van der Waals surface area contributed by atoms with Gasteiger partial charge in [-0.1, -0.05) is 42.5 Å². The minimum absolute atomic E-state index is 0.103. The van der Waals surface area contributed by atoms with Crippen LogP contribution in [0.15, 0.2) is 72.8 Å². The van der Waals surface area contributed by atoms with Crippen molar-refractivity contribution in [3.8, 4) is 11.5 Å². The second-order valence-corrected chi connectivity index (χ2v) is 7.41. The van der Waals surface area contributed by atoms with Crippen molar-refractivity contribution in [3.63, 3.8) is 0 Å². The van der Waals surface area contributed by atoms with Gasteiger partial charge in [-0.3, -0.25) is 14.4 Å². The van der Waals surface area contributed by atoms with Crippen LogP contribution in [-0.2, 0) is 4.79 Å². The molecule has 170 valence electrons. The SMILES string of the molecule is COc1cc(C(C)=O)ccc1OCC(=O)Nc1ccccc1C(=O)NC(C)c1ccccc1. The predicted molar refractivity (Wildman–Crippen MR) is 126 cm³/mol. The Labute approximate surface area is 192 Å². The molecule has 0 radical (unpaired) electrons. The van der Waals surface area contributed by atoms with Crippen molar-refractivity contribution in [1.82, 2.24) is 5.32 Å². The zero-order valence-electron chi connectivity index (χ0n) is 18.8. The van der Waals surface area contributed by atoms with Crippen molar-refractivity contribution in [2.45, 2.75) is 19.9 Å². The smallest absolute Gasteiger partial charge is 0.262 e. The summed E-state index contributed by atoms with van der Waals surface area (Å²) >= 11 is 0. The summed E-state index contributed by atoms with van der Waals surface area (Å²) in [4.78, 5) is 36.9. The van der Waals surface area contributed by atoms with Gasteiger partial charge in [0.25, 0.3) is 11.8 Å². The summed E-state index contributed by atoms with van der Waals surface area (Å²) in [7, 11) is 1.46. The highest BCUT2D eigenvalue weighted by atomic mass is 16.5. The largest absolute Gasteiger partial charge is 0.493 e. The van der Waals surface area contributed by atoms with Crippen LogP contribution in [0.1, 0.15) is 46.2 Å². The van der Waals surface area contributed by atoms with Gasteiger partial charge >= 0.3 is 0 Å². The van der Waals surface area contributed by atoms with Crippen LogP contribution in [0, 0.1) is 0 Å². The van der Waals surface area contributed by atoms with Gasteiger partial charge in [0.2, 0.25) is 0 Å². The van der Waals surface area contributed by atoms with Crippen molar-refractivity contribution in [2.75, 3.05) is 19.0 Å². The van der Waals surface area contributed by atoms with E-state index in [0.717, 1.165) is 5.56 Å². The van der Waals surface area contributed by atoms with E-state index in [0.29, 0.717) is 28.3 Å². The number of hydrogen-bond acceptors (Lipinski definition) is 5. The quantitative estimate of drug-likeness (QED) is 0.475. The van der Waals surface area contributed by atoms with Crippen molar-refractivity contribution in [2.24, 2.45) is 0 Å². The fraction of sp³-hybridized carbons (Fsp3) is 0.192. The monoisotopic (exact) mass is 446 g/mol. The standard InChI is InChI=1S/C26H26N2O5/c1-17(19-9-5-4-6-10-19)27-26(31)21-11-7-8-12-22(21)28-25(30)16-33-23-14-13-20(18(2)29)15-24(23)32-3/h4-15,17H,16H2,1-3H3,(H,27,31)(H,28,30). The second-order valence-electron chi connectivity index (χ2n) is 7.41. The summed E-state index contributed by atoms with van der Waals surface area (Å²) in [5.41, 5.74) is 2.18. The number of anilines is 1. The molecule has 33 heavy (non-hydrogen) atoms. The van der Waals surface area contributed by atoms with Crippen LogP contribution in [0.2, 0.25) is 0 Å². The van der Waals surface area contributed by atoms with E-state index in [4.69, 9.17) is 9.47 Å². The third-order valence-electron chi connectivity index (χ3n) is 5.02. The lowest BCUT2D eigenvalue weighted by molar-refractivity contribution is -0.118. The Kier molecular flexibility index (Phi) is 7.81. The van der Waals surface area contributed by atoms with E-state index in [1.165, 1.54) is 14.0 Å². The zero-order valence-corrected chi connectivity index (χ0v) is 18.8. The normalized spacial score (nSPS) is 11.2. The topological polar surface area (TPSA) is 93.7 Å². The number of Topliss-reactive ketones (excluding diaryl/α,β-unsaturated/α-hetero) is 1. The first-order chi connectivity index (χ1) is 15.9. The number of carbonyl (C=O) groups excluding carboxylic acids is 3. The molecule has 0 saturated heterocycles. The molecule has 0 heterocycles. The molecule has 1 unspecified atom stereocenters. The number of ketones is 1. The maximum Gasteiger partial charge on any atom is 0.262 e. The summed E-state index contributed by atoms with van der Waals surface area (Å²) in [6.45, 7) is 3.05. The number of hydrogen-bond donors (Lipinski definition) is 2. The van der Waals surface area contributed by atoms with Gasteiger partial charge in [-0.25, -0.2) is 0 Å². The highest BCUT2D eigenvalue weighted by Gasteiger charge is 2.17. The number of nitrogens with one attached hydrogen (secondary N) is 2. The Morgan fingerprint density at radius 2 is 1.61 bits per heavy atom. The summed E-state index contributed by atoms with van der Waals surface area (Å²) in [6.07, 6.45) is 0. The first-order valence-corrected chi connectivity index (χ1v) is 10.5. The number of amides is 2. The minimum atomic E-state index is -0.441. The molecule has 0 aliphatic heterocycles. The van der Waals surface area contributed by atoms with Crippen LogP contribution in [0.4, 0.5) is 5.69 Å². The average Bonchev–Trinajstić information content (AvgIpc) is 2.83. The Hall–Kier alpha value is -4.13. The lowest BCUT2D eigenvalue weighted by Crippen LogP contribution is -2.28. The molecule has 0 bridgehead atoms. The van der Waals surface area contributed by atoms with E-state index in [1.54, 1.807) is 42.5 Å². The van der Waals surface area contributed by atoms with Crippen molar-refractivity contribution in [1.29, 1.82) is 0 Å². The number of methoxy groups -OCH3 is 1. The summed E-state index contributed by atoms with van der Waals surface area (Å²) in [5, 5.41) is 5.67. The van der Waals surface area contributed by atoms with Crippen LogP contribution in [-0.4, -0.2) is 31.3 Å². The van der Waals surface area contributed by atoms with E-state index < -0.39 is 5.91 Å². The van der Waals surface area contributed by atoms with Gasteiger partial charge in [0, 0.05) is 5.56 Å². The number of para-hydroxylation sites is 1. The van der Waals surface area contributed by atoms with Crippen LogP contribution in [0.25, 0.3) is 0 Å². The fourth-order valence-electron chi connectivity index (χ4n) is 3.22. The molecular formula is C26H26N2O5. The predicted octanol–water partition coefficient (Wildman–Crippen LogP) is 4.41. The van der Waals surface area contributed by atoms with Crippen LogP contribution < -0.4 is 20.1 Å². The van der Waals surface area contributed by atoms with Crippen LogP contribution >= 0.6 is 0 Å². The average molecular weight is 447 g/mol. The molecule has 3 rings (SSSR count). The van der Waals surface area contributed by atoms with Gasteiger partial charge in [-0.2, -0.15) is 0 Å². The van der Waals surface area contributed by atoms with Gasteiger partial charge < -0.3 is 20.1 Å². The minimum Gasteiger partial charge on any atom is -0.493 e. The highest BCUT2D eigenvalue weighted by molar-refractivity contribution is 6.04. The molecule has 3 aromatic rings. The van der Waals surface area contributed by atoms with Crippen LogP contribution in [0.3, 0.4) is 0 Å². The maximum absolute atomic E-state index is 12.8. The molecule has 2 amide bonds. The first-order valence-electron chi connectivity index (χ1n) is 10.5. The summed E-state index contributed by atoms with van der Waals surface area (Å²) in [5.74, 6) is -0.159. The molecule has 0 fully saturated rings. The molecule has 0 saturated carbocycles. The Morgan fingerprint density at radius 3 is 2.30 bits per heavy atom. The molecule has 7 nitrogen and oxygen atoms in total. The van der Waals surface area contributed by atoms with Gasteiger partial charge in [-0.15, -0.1) is 0 Å². The Balaban J connectivity index is 1.65. The lowest BCUT2D eigenvalue weighted by atomic mass is 10.1. The van der Waals surface area contributed by atoms with Crippen molar-refractivity contribution in [3.05, 3.63) is 89.5 Å². The second kappa shape index (κ2) is 10.9. The van der Waals surface area contributed by atoms with Gasteiger partial charge in [0.15, 0.2) is 23.9 Å². The molecule has 7 heteroatoms. The van der Waals surface area contributed by atoms with Crippen molar-refractivity contribution >= 4 is 23.3 Å².